The molecule has 3 rings (SSSR count). The van der Waals surface area contributed by atoms with E-state index in [1.807, 2.05) is 57.1 Å². The van der Waals surface area contributed by atoms with Crippen LogP contribution in [0.1, 0.15) is 46.0 Å². The van der Waals surface area contributed by atoms with Gasteiger partial charge in [-0.3, -0.25) is 0 Å². The highest BCUT2D eigenvalue weighted by molar-refractivity contribution is 5.90. The molecule has 0 aliphatic heterocycles. The zero-order valence-corrected chi connectivity index (χ0v) is 19.3. The lowest BCUT2D eigenvalue weighted by molar-refractivity contribution is -0.139. The van der Waals surface area contributed by atoms with Crippen molar-refractivity contribution >= 4 is 34.7 Å². The summed E-state index contributed by atoms with van der Waals surface area (Å²) in [4.78, 5) is 35.0. The van der Waals surface area contributed by atoms with Crippen molar-refractivity contribution in [3.63, 3.8) is 0 Å². The molecule has 2 amide bonds. The van der Waals surface area contributed by atoms with Crippen LogP contribution in [0.4, 0.5) is 16.6 Å². The van der Waals surface area contributed by atoms with Crippen molar-refractivity contribution in [1.82, 2.24) is 20.6 Å². The van der Waals surface area contributed by atoms with Crippen LogP contribution in [0.15, 0.2) is 24.3 Å². The normalized spacial score (nSPS) is 19.4. The fourth-order valence-corrected chi connectivity index (χ4v) is 4.11. The molecule has 1 heterocycles. The summed E-state index contributed by atoms with van der Waals surface area (Å²) in [5.41, 5.74) is 0.898. The summed E-state index contributed by atoms with van der Waals surface area (Å²) in [7, 11) is 3.94. The minimum Gasteiger partial charge on any atom is -0.480 e. The van der Waals surface area contributed by atoms with E-state index in [1.54, 1.807) is 0 Å². The Kier molecular flexibility index (Phi) is 7.71. The van der Waals surface area contributed by atoms with E-state index in [0.717, 1.165) is 42.4 Å². The Morgan fingerprint density at radius 3 is 2.38 bits per heavy atom. The van der Waals surface area contributed by atoms with Gasteiger partial charge in [-0.25, -0.2) is 14.6 Å². The average molecular weight is 443 g/mol. The van der Waals surface area contributed by atoms with Crippen LogP contribution >= 0.6 is 0 Å². The first-order valence-electron chi connectivity index (χ1n) is 11.2. The predicted octanol–water partition coefficient (Wildman–Crippen LogP) is 3.22. The minimum absolute atomic E-state index is 0.0244. The number of anilines is 2. The number of rotatable bonds is 8. The molecule has 9 nitrogen and oxygen atoms in total. The van der Waals surface area contributed by atoms with Gasteiger partial charge >= 0.3 is 12.0 Å². The monoisotopic (exact) mass is 442 g/mol. The fourth-order valence-electron chi connectivity index (χ4n) is 4.11. The van der Waals surface area contributed by atoms with Gasteiger partial charge in [0.15, 0.2) is 0 Å². The van der Waals surface area contributed by atoms with Crippen LogP contribution in [0.5, 0.6) is 0 Å². The predicted molar refractivity (Wildman–Crippen MR) is 126 cm³/mol. The summed E-state index contributed by atoms with van der Waals surface area (Å²) < 4.78 is 0. The molecule has 9 heteroatoms. The second kappa shape index (κ2) is 10.5. The zero-order valence-electron chi connectivity index (χ0n) is 19.3. The van der Waals surface area contributed by atoms with Crippen molar-refractivity contribution in [3.8, 4) is 0 Å². The minimum atomic E-state index is -1.01. The molecule has 1 fully saturated rings. The average Bonchev–Trinajstić information content (AvgIpc) is 2.73. The van der Waals surface area contributed by atoms with E-state index in [9.17, 15) is 14.7 Å². The number of aromatic nitrogens is 2. The molecule has 0 bridgehead atoms. The van der Waals surface area contributed by atoms with Crippen molar-refractivity contribution in [3.05, 3.63) is 24.3 Å². The number of nitrogens with one attached hydrogen (secondary N) is 3. The van der Waals surface area contributed by atoms with Crippen molar-refractivity contribution in [2.45, 2.75) is 64.1 Å². The number of carbonyl (C=O) groups excluding carboxylic acids is 1. The first kappa shape index (κ1) is 23.6. The number of hydrogen-bond acceptors (Lipinski definition) is 6. The number of aliphatic carboxylic acids is 1. The van der Waals surface area contributed by atoms with Crippen molar-refractivity contribution in [2.75, 3.05) is 24.3 Å². The van der Waals surface area contributed by atoms with Gasteiger partial charge in [-0.15, -0.1) is 0 Å². The van der Waals surface area contributed by atoms with Gasteiger partial charge in [-0.1, -0.05) is 26.0 Å². The third-order valence-corrected chi connectivity index (χ3v) is 5.71. The van der Waals surface area contributed by atoms with E-state index in [1.165, 1.54) is 0 Å². The maximum absolute atomic E-state index is 12.3. The number of nitrogens with zero attached hydrogens (tertiary/aromatic N) is 3. The lowest BCUT2D eigenvalue weighted by Crippen LogP contribution is -2.50. The van der Waals surface area contributed by atoms with Gasteiger partial charge in [0, 0.05) is 31.6 Å². The molecule has 0 saturated heterocycles. The molecule has 1 aromatic heterocycles. The molecule has 1 atom stereocenters. The number of para-hydroxylation sites is 1. The molecule has 0 spiro atoms. The third kappa shape index (κ3) is 6.21. The van der Waals surface area contributed by atoms with Crippen molar-refractivity contribution in [1.29, 1.82) is 0 Å². The molecule has 174 valence electrons. The molecular weight excluding hydrogens is 408 g/mol. The molecule has 32 heavy (non-hydrogen) atoms. The van der Waals surface area contributed by atoms with Gasteiger partial charge in [0.1, 0.15) is 11.9 Å². The van der Waals surface area contributed by atoms with E-state index in [4.69, 9.17) is 4.98 Å². The zero-order chi connectivity index (χ0) is 23.3. The number of fused-ring (bicyclic) bond motifs is 1. The highest BCUT2D eigenvalue weighted by atomic mass is 16.4. The summed E-state index contributed by atoms with van der Waals surface area (Å²) in [5.74, 6) is 0.663. The second-order valence-electron chi connectivity index (χ2n) is 9.11. The van der Waals surface area contributed by atoms with Crippen LogP contribution < -0.4 is 20.9 Å². The maximum atomic E-state index is 12.3. The van der Waals surface area contributed by atoms with E-state index >= 15 is 0 Å². The molecule has 0 unspecified atom stereocenters. The largest absolute Gasteiger partial charge is 0.480 e. The van der Waals surface area contributed by atoms with Gasteiger partial charge in [0.2, 0.25) is 5.95 Å². The molecule has 0 radical (unpaired) electrons. The Morgan fingerprint density at radius 1 is 1.09 bits per heavy atom. The van der Waals surface area contributed by atoms with Crippen molar-refractivity contribution < 1.29 is 14.7 Å². The standard InChI is InChI=1S/C23H34N6O3/c1-14(2)13-19(21(30)31)27-23(32)25-16-11-9-15(10-12-16)24-22-26-18-8-6-5-7-17(18)20(28-22)29(3)4/h5-8,14-16,19H,9-13H2,1-4H3,(H,30,31)(H,24,26,28)(H2,25,27,32)/t15?,16?,19-/m0/s1. The van der Waals surface area contributed by atoms with Crippen molar-refractivity contribution in [2.24, 2.45) is 5.92 Å². The number of urea groups is 1. The number of benzene rings is 1. The van der Waals surface area contributed by atoms with E-state index in [2.05, 4.69) is 20.9 Å². The van der Waals surface area contributed by atoms with Crippen LogP contribution in [-0.4, -0.2) is 59.3 Å². The number of hydrogen-bond donors (Lipinski definition) is 4. The van der Waals surface area contributed by atoms with Gasteiger partial charge in [0.05, 0.1) is 5.52 Å². The van der Waals surface area contributed by atoms with Gasteiger partial charge < -0.3 is 26.0 Å². The highest BCUT2D eigenvalue weighted by Crippen LogP contribution is 2.26. The summed E-state index contributed by atoms with van der Waals surface area (Å²) in [6.45, 7) is 3.87. The fraction of sp³-hybridized carbons (Fsp3) is 0.565. The summed E-state index contributed by atoms with van der Waals surface area (Å²) in [5, 5.41) is 19.3. The number of carboxylic acids is 1. The quantitative estimate of drug-likeness (QED) is 0.495. The van der Waals surface area contributed by atoms with E-state index in [0.29, 0.717) is 12.4 Å². The Labute approximate surface area is 189 Å². The molecular formula is C23H34N6O3. The smallest absolute Gasteiger partial charge is 0.326 e. The SMILES string of the molecule is CC(C)C[C@H](NC(=O)NC1CCC(Nc2nc(N(C)C)c3ccccc3n2)CC1)C(=O)O. The number of amides is 2. The van der Waals surface area contributed by atoms with E-state index < -0.39 is 18.0 Å². The number of carbonyl (C=O) groups is 2. The first-order chi connectivity index (χ1) is 15.2. The molecule has 2 aromatic rings. The van der Waals surface area contributed by atoms with Crippen LogP contribution in [-0.2, 0) is 4.79 Å². The summed E-state index contributed by atoms with van der Waals surface area (Å²) in [6, 6.07) is 6.92. The lowest BCUT2D eigenvalue weighted by Gasteiger charge is -2.30. The lowest BCUT2D eigenvalue weighted by atomic mass is 9.91. The highest BCUT2D eigenvalue weighted by Gasteiger charge is 2.26. The molecule has 1 saturated carbocycles. The Balaban J connectivity index is 1.54. The van der Waals surface area contributed by atoms with Crippen LogP contribution in [0.25, 0.3) is 10.9 Å². The van der Waals surface area contributed by atoms with Gasteiger partial charge in [-0.2, -0.15) is 4.98 Å². The molecule has 1 aliphatic rings. The van der Waals surface area contributed by atoms with Gasteiger partial charge in [-0.05, 0) is 50.2 Å². The summed E-state index contributed by atoms with van der Waals surface area (Å²) in [6.07, 6.45) is 3.75. The first-order valence-corrected chi connectivity index (χ1v) is 11.2. The van der Waals surface area contributed by atoms with Crippen LogP contribution in [0, 0.1) is 5.92 Å². The molecule has 1 aliphatic carbocycles. The summed E-state index contributed by atoms with van der Waals surface area (Å²) >= 11 is 0. The Morgan fingerprint density at radius 2 is 1.75 bits per heavy atom. The van der Waals surface area contributed by atoms with E-state index in [-0.39, 0.29) is 18.0 Å². The second-order valence-corrected chi connectivity index (χ2v) is 9.11. The Bertz CT molecular complexity index is 940. The van der Waals surface area contributed by atoms with Crippen LogP contribution in [0.2, 0.25) is 0 Å². The van der Waals surface area contributed by atoms with Crippen LogP contribution in [0.3, 0.4) is 0 Å². The molecule has 4 N–H and O–H groups in total. The maximum Gasteiger partial charge on any atom is 0.326 e. The Hall–Kier alpha value is -3.10. The van der Waals surface area contributed by atoms with Gasteiger partial charge in [0.25, 0.3) is 0 Å². The topological polar surface area (TPSA) is 119 Å². The third-order valence-electron chi connectivity index (χ3n) is 5.71. The molecule has 1 aromatic carbocycles. The number of carboxylic acid groups (broad SMARTS) is 1.